The second kappa shape index (κ2) is 7.38. The number of amides is 1. The smallest absolute Gasteiger partial charge is 0.326 e. The zero-order chi connectivity index (χ0) is 13.5. The van der Waals surface area contributed by atoms with Gasteiger partial charge < -0.3 is 10.4 Å². The predicted octanol–water partition coefficient (Wildman–Crippen LogP) is 2.70. The molecule has 1 amide bonds. The Hall–Kier alpha value is -1.07. The van der Waals surface area contributed by atoms with Crippen LogP contribution >= 0.6 is 22.9 Å². The number of unbranched alkanes of at least 4 members (excludes halogenated alkanes) is 1. The van der Waals surface area contributed by atoms with Gasteiger partial charge in [-0.1, -0.05) is 31.4 Å². The first kappa shape index (κ1) is 15.0. The van der Waals surface area contributed by atoms with Crippen molar-refractivity contribution >= 4 is 34.8 Å². The molecule has 1 aromatic heterocycles. The summed E-state index contributed by atoms with van der Waals surface area (Å²) in [5.41, 5.74) is 0. The maximum absolute atomic E-state index is 11.7. The van der Waals surface area contributed by atoms with Crippen LogP contribution in [-0.4, -0.2) is 23.0 Å². The molecule has 4 nitrogen and oxygen atoms in total. The minimum Gasteiger partial charge on any atom is -0.480 e. The van der Waals surface area contributed by atoms with E-state index < -0.39 is 12.0 Å². The molecule has 0 saturated carbocycles. The van der Waals surface area contributed by atoms with Crippen LogP contribution in [0.5, 0.6) is 0 Å². The molecule has 0 bridgehead atoms. The highest BCUT2D eigenvalue weighted by Crippen LogP contribution is 2.21. The van der Waals surface area contributed by atoms with E-state index in [1.54, 1.807) is 12.1 Å². The Balaban J connectivity index is 2.48. The van der Waals surface area contributed by atoms with Gasteiger partial charge in [-0.15, -0.1) is 11.3 Å². The summed E-state index contributed by atoms with van der Waals surface area (Å²) in [5.74, 6) is -1.27. The first-order valence-electron chi connectivity index (χ1n) is 5.79. The molecule has 1 atom stereocenters. The predicted molar refractivity (Wildman–Crippen MR) is 72.1 cm³/mol. The summed E-state index contributed by atoms with van der Waals surface area (Å²) in [4.78, 5) is 23.5. The van der Waals surface area contributed by atoms with Gasteiger partial charge >= 0.3 is 5.97 Å². The maximum Gasteiger partial charge on any atom is 0.326 e. The molecule has 1 heterocycles. The topological polar surface area (TPSA) is 66.4 Å². The number of thiophene rings is 1. The van der Waals surface area contributed by atoms with E-state index in [9.17, 15) is 9.59 Å². The second-order valence-corrected chi connectivity index (χ2v) is 5.78. The average molecular weight is 290 g/mol. The molecule has 0 aliphatic carbocycles. The molecular weight excluding hydrogens is 274 g/mol. The quantitative estimate of drug-likeness (QED) is 0.811. The van der Waals surface area contributed by atoms with Gasteiger partial charge in [0.1, 0.15) is 6.04 Å². The molecular formula is C12H16ClNO3S. The summed E-state index contributed by atoms with van der Waals surface area (Å²) in [6.45, 7) is 1.98. The van der Waals surface area contributed by atoms with Gasteiger partial charge in [-0.2, -0.15) is 0 Å². The number of halogens is 1. The van der Waals surface area contributed by atoms with E-state index >= 15 is 0 Å². The standard InChI is InChI=1S/C12H16ClNO3S/c1-2-3-4-9(12(16)17)14-11(15)7-8-5-6-10(13)18-8/h5-6,9H,2-4,7H2,1H3,(H,14,15)(H,16,17)/t9-/m0/s1. The molecule has 0 saturated heterocycles. The van der Waals surface area contributed by atoms with Crippen molar-refractivity contribution < 1.29 is 14.7 Å². The van der Waals surface area contributed by atoms with Crippen molar-refractivity contribution in [3.63, 3.8) is 0 Å². The highest BCUT2D eigenvalue weighted by atomic mass is 35.5. The minimum atomic E-state index is -0.985. The number of carboxylic acids is 1. The molecule has 18 heavy (non-hydrogen) atoms. The number of carbonyl (C=O) groups excluding carboxylic acids is 1. The van der Waals surface area contributed by atoms with Crippen LogP contribution in [-0.2, 0) is 16.0 Å². The fourth-order valence-corrected chi connectivity index (χ4v) is 2.60. The highest BCUT2D eigenvalue weighted by Gasteiger charge is 2.19. The van der Waals surface area contributed by atoms with E-state index in [-0.39, 0.29) is 12.3 Å². The SMILES string of the molecule is CCCC[C@H](NC(=O)Cc1ccc(Cl)s1)C(=O)O. The van der Waals surface area contributed by atoms with E-state index in [0.717, 1.165) is 17.7 Å². The van der Waals surface area contributed by atoms with Gasteiger partial charge in [0.25, 0.3) is 0 Å². The largest absolute Gasteiger partial charge is 0.480 e. The van der Waals surface area contributed by atoms with E-state index in [0.29, 0.717) is 10.8 Å². The Kier molecular flexibility index (Phi) is 6.15. The molecule has 6 heteroatoms. The summed E-state index contributed by atoms with van der Waals surface area (Å²) in [7, 11) is 0. The van der Waals surface area contributed by atoms with E-state index in [4.69, 9.17) is 16.7 Å². The van der Waals surface area contributed by atoms with Crippen molar-refractivity contribution in [2.75, 3.05) is 0 Å². The Labute approximate surface area is 115 Å². The molecule has 0 fully saturated rings. The van der Waals surface area contributed by atoms with Crippen molar-refractivity contribution in [2.24, 2.45) is 0 Å². The number of hydrogen-bond acceptors (Lipinski definition) is 3. The molecule has 2 N–H and O–H groups in total. The van der Waals surface area contributed by atoms with Gasteiger partial charge in [0.05, 0.1) is 10.8 Å². The van der Waals surface area contributed by atoms with Crippen molar-refractivity contribution in [3.8, 4) is 0 Å². The number of carboxylic acid groups (broad SMARTS) is 1. The number of hydrogen-bond donors (Lipinski definition) is 2. The van der Waals surface area contributed by atoms with Gasteiger partial charge in [-0.25, -0.2) is 4.79 Å². The van der Waals surface area contributed by atoms with Gasteiger partial charge in [-0.3, -0.25) is 4.79 Å². The third-order valence-electron chi connectivity index (χ3n) is 2.44. The fraction of sp³-hybridized carbons (Fsp3) is 0.500. The lowest BCUT2D eigenvalue weighted by molar-refractivity contribution is -0.141. The van der Waals surface area contributed by atoms with Crippen LogP contribution < -0.4 is 5.32 Å². The van der Waals surface area contributed by atoms with Gasteiger partial charge in [0.15, 0.2) is 0 Å². The highest BCUT2D eigenvalue weighted by molar-refractivity contribution is 7.16. The third kappa shape index (κ3) is 5.06. The molecule has 1 aromatic rings. The first-order chi connectivity index (χ1) is 8.52. The van der Waals surface area contributed by atoms with Crippen LogP contribution in [0.25, 0.3) is 0 Å². The van der Waals surface area contributed by atoms with Crippen molar-refractivity contribution in [1.29, 1.82) is 0 Å². The van der Waals surface area contributed by atoms with Crippen LogP contribution in [0.15, 0.2) is 12.1 Å². The van der Waals surface area contributed by atoms with Crippen LogP contribution in [0.1, 0.15) is 31.1 Å². The van der Waals surface area contributed by atoms with Crippen LogP contribution in [0.2, 0.25) is 4.34 Å². The van der Waals surface area contributed by atoms with Crippen molar-refractivity contribution in [2.45, 2.75) is 38.6 Å². The molecule has 1 rings (SSSR count). The lowest BCUT2D eigenvalue weighted by Crippen LogP contribution is -2.41. The maximum atomic E-state index is 11.7. The van der Waals surface area contributed by atoms with Crippen LogP contribution in [0.3, 0.4) is 0 Å². The summed E-state index contributed by atoms with van der Waals surface area (Å²) in [5, 5.41) is 11.5. The Morgan fingerprint density at radius 1 is 1.50 bits per heavy atom. The summed E-state index contributed by atoms with van der Waals surface area (Å²) in [6, 6.07) is 2.70. The Bertz CT molecular complexity index is 419. The van der Waals surface area contributed by atoms with Gasteiger partial charge in [-0.05, 0) is 18.6 Å². The number of rotatable bonds is 7. The molecule has 0 radical (unpaired) electrons. The third-order valence-corrected chi connectivity index (χ3v) is 3.67. The van der Waals surface area contributed by atoms with Crippen LogP contribution in [0.4, 0.5) is 0 Å². The zero-order valence-corrected chi connectivity index (χ0v) is 11.7. The van der Waals surface area contributed by atoms with Crippen molar-refractivity contribution in [3.05, 3.63) is 21.3 Å². The second-order valence-electron chi connectivity index (χ2n) is 3.98. The molecule has 0 unspecified atom stereocenters. The van der Waals surface area contributed by atoms with Gasteiger partial charge in [0.2, 0.25) is 5.91 Å². The molecule has 0 spiro atoms. The summed E-state index contributed by atoms with van der Waals surface area (Å²) >= 11 is 7.09. The number of aliphatic carboxylic acids is 1. The van der Waals surface area contributed by atoms with Gasteiger partial charge in [0, 0.05) is 4.88 Å². The first-order valence-corrected chi connectivity index (χ1v) is 6.98. The molecule has 100 valence electrons. The monoisotopic (exact) mass is 289 g/mol. The van der Waals surface area contributed by atoms with Crippen molar-refractivity contribution in [1.82, 2.24) is 5.32 Å². The number of carbonyl (C=O) groups is 2. The zero-order valence-electron chi connectivity index (χ0n) is 10.1. The van der Waals surface area contributed by atoms with E-state index in [1.165, 1.54) is 11.3 Å². The van der Waals surface area contributed by atoms with E-state index in [1.807, 2.05) is 6.92 Å². The molecule has 0 aliphatic heterocycles. The summed E-state index contributed by atoms with van der Waals surface area (Å²) in [6.07, 6.45) is 2.32. The molecule has 0 aromatic carbocycles. The fourth-order valence-electron chi connectivity index (χ4n) is 1.52. The molecule has 0 aliphatic rings. The average Bonchev–Trinajstić information content (AvgIpc) is 2.69. The Morgan fingerprint density at radius 2 is 2.22 bits per heavy atom. The normalized spacial score (nSPS) is 12.1. The summed E-state index contributed by atoms with van der Waals surface area (Å²) < 4.78 is 0.624. The minimum absolute atomic E-state index is 0.174. The van der Waals surface area contributed by atoms with Crippen LogP contribution in [0, 0.1) is 0 Å². The van der Waals surface area contributed by atoms with E-state index in [2.05, 4.69) is 5.32 Å². The lowest BCUT2D eigenvalue weighted by atomic mass is 10.1. The Morgan fingerprint density at radius 3 is 2.72 bits per heavy atom. The number of nitrogens with one attached hydrogen (secondary N) is 1. The lowest BCUT2D eigenvalue weighted by Gasteiger charge is -2.13.